The number of benzene rings is 2. The fourth-order valence-electron chi connectivity index (χ4n) is 8.87. The molecule has 63 heavy (non-hydrogen) atoms. The number of amides is 2. The minimum absolute atomic E-state index is 0.0129. The van der Waals surface area contributed by atoms with Crippen LogP contribution in [-0.2, 0) is 55.6 Å². The van der Waals surface area contributed by atoms with Gasteiger partial charge in [0.25, 0.3) is 0 Å². The lowest BCUT2D eigenvalue weighted by Crippen LogP contribution is -2.59. The SMILES string of the molecule is CC(C)(C)OC(=O)CCC(CO)NC(=O)C1CCCN1C(=O)C1=CC2OC3(Cc4ccccc4C3)OC2C(OC(=O)c2ccccc2C=CCOC2OC(CO)C(O)C(O)C2O)C1. The lowest BCUT2D eigenvalue weighted by molar-refractivity contribution is -0.298. The average molecular weight is 879 g/mol. The quantitative estimate of drug-likeness (QED) is 0.146. The Kier molecular flexibility index (Phi) is 14.5. The number of carbonyl (C=O) groups is 4. The van der Waals surface area contributed by atoms with Gasteiger partial charge in [0.1, 0.15) is 54.4 Å². The molecule has 0 radical (unpaired) electrons. The molecule has 3 heterocycles. The molecule has 5 aliphatic rings. The Morgan fingerprint density at radius 3 is 2.38 bits per heavy atom. The van der Waals surface area contributed by atoms with Crippen molar-refractivity contribution in [2.45, 2.75) is 138 Å². The fraction of sp³-hybridized carbons (Fsp3) is 0.565. The number of hydrogen-bond acceptors (Lipinski definition) is 15. The van der Waals surface area contributed by atoms with Crippen LogP contribution in [0.4, 0.5) is 0 Å². The summed E-state index contributed by atoms with van der Waals surface area (Å²) < 4.78 is 35.9. The molecule has 2 aromatic carbocycles. The van der Waals surface area contributed by atoms with E-state index in [1.54, 1.807) is 63.3 Å². The molecule has 17 nitrogen and oxygen atoms in total. The van der Waals surface area contributed by atoms with Gasteiger partial charge < -0.3 is 64.2 Å². The lowest BCUT2D eigenvalue weighted by Gasteiger charge is -2.39. The molecule has 17 heteroatoms. The van der Waals surface area contributed by atoms with Crippen molar-refractivity contribution in [2.75, 3.05) is 26.4 Å². The van der Waals surface area contributed by atoms with Gasteiger partial charge in [-0.15, -0.1) is 0 Å². The van der Waals surface area contributed by atoms with Crippen LogP contribution >= 0.6 is 0 Å². The number of rotatable bonds is 14. The highest BCUT2D eigenvalue weighted by Gasteiger charge is 2.55. The predicted molar refractivity (Wildman–Crippen MR) is 222 cm³/mol. The maximum absolute atomic E-state index is 14.5. The van der Waals surface area contributed by atoms with Gasteiger partial charge in [0.15, 0.2) is 12.1 Å². The summed E-state index contributed by atoms with van der Waals surface area (Å²) in [5.74, 6) is -3.06. The maximum atomic E-state index is 14.5. The first-order valence-corrected chi connectivity index (χ1v) is 21.5. The molecular formula is C46H58N2O15. The van der Waals surface area contributed by atoms with Crippen molar-refractivity contribution in [3.05, 3.63) is 88.5 Å². The van der Waals surface area contributed by atoms with Gasteiger partial charge in [-0.2, -0.15) is 0 Å². The van der Waals surface area contributed by atoms with Crippen LogP contribution in [0.2, 0.25) is 0 Å². The van der Waals surface area contributed by atoms with Crippen LogP contribution in [0.15, 0.2) is 66.3 Å². The van der Waals surface area contributed by atoms with Gasteiger partial charge in [-0.05, 0) is 68.9 Å². The Hall–Kier alpha value is -4.56. The van der Waals surface area contributed by atoms with E-state index in [1.165, 1.54) is 4.90 Å². The first-order valence-electron chi connectivity index (χ1n) is 21.5. The second kappa shape index (κ2) is 19.7. The van der Waals surface area contributed by atoms with Crippen LogP contribution in [0.3, 0.4) is 0 Å². The zero-order chi connectivity index (χ0) is 45.1. The van der Waals surface area contributed by atoms with Crippen molar-refractivity contribution in [2.24, 2.45) is 0 Å². The minimum atomic E-state index is -1.59. The number of hydrogen-bond donors (Lipinski definition) is 6. The second-order valence-corrected chi connectivity index (χ2v) is 17.7. The molecule has 2 amide bonds. The highest BCUT2D eigenvalue weighted by molar-refractivity contribution is 5.98. The number of nitrogens with zero attached hydrogens (tertiary/aromatic N) is 1. The normalized spacial score (nSPS) is 29.2. The molecule has 0 bridgehead atoms. The van der Waals surface area contributed by atoms with Gasteiger partial charge in [-0.3, -0.25) is 14.4 Å². The first-order chi connectivity index (χ1) is 30.1. The van der Waals surface area contributed by atoms with E-state index < -0.39 is 109 Å². The van der Waals surface area contributed by atoms with E-state index in [1.807, 2.05) is 24.3 Å². The van der Waals surface area contributed by atoms with E-state index in [0.29, 0.717) is 43.4 Å². The molecule has 3 fully saturated rings. The number of ether oxygens (including phenoxy) is 6. The summed E-state index contributed by atoms with van der Waals surface area (Å²) in [5, 5.41) is 52.8. The van der Waals surface area contributed by atoms with E-state index in [9.17, 15) is 44.7 Å². The molecule has 1 spiro atoms. The Morgan fingerprint density at radius 2 is 1.68 bits per heavy atom. The molecule has 3 saturated heterocycles. The molecule has 6 N–H and O–H groups in total. The van der Waals surface area contributed by atoms with Gasteiger partial charge in [-0.25, -0.2) is 4.79 Å². The minimum Gasteiger partial charge on any atom is -0.460 e. The summed E-state index contributed by atoms with van der Waals surface area (Å²) in [6, 6.07) is 13.0. The predicted octanol–water partition coefficient (Wildman–Crippen LogP) is 1.24. The van der Waals surface area contributed by atoms with Crippen molar-refractivity contribution >= 4 is 29.8 Å². The molecular weight excluding hydrogens is 821 g/mol. The number of carbonyl (C=O) groups excluding carboxylic acids is 4. The number of likely N-dealkylation sites (tertiary alicyclic amines) is 1. The van der Waals surface area contributed by atoms with Gasteiger partial charge >= 0.3 is 11.9 Å². The van der Waals surface area contributed by atoms with Gasteiger partial charge in [0.05, 0.1) is 31.4 Å². The van der Waals surface area contributed by atoms with E-state index in [4.69, 9.17) is 28.4 Å². The van der Waals surface area contributed by atoms with E-state index in [0.717, 1.165) is 11.1 Å². The van der Waals surface area contributed by atoms with Crippen molar-refractivity contribution < 1.29 is 73.1 Å². The number of esters is 2. The number of aliphatic hydroxyl groups excluding tert-OH is 5. The highest BCUT2D eigenvalue weighted by Crippen LogP contribution is 2.45. The summed E-state index contributed by atoms with van der Waals surface area (Å²) in [5.41, 5.74) is 2.42. The first kappa shape index (κ1) is 46.4. The maximum Gasteiger partial charge on any atom is 0.339 e. The third-order valence-corrected chi connectivity index (χ3v) is 11.9. The van der Waals surface area contributed by atoms with Crippen LogP contribution in [0.25, 0.3) is 6.08 Å². The zero-order valence-electron chi connectivity index (χ0n) is 35.7. The Bertz CT molecular complexity index is 2020. The monoisotopic (exact) mass is 878 g/mol. The molecule has 10 unspecified atom stereocenters. The van der Waals surface area contributed by atoms with Crippen LogP contribution in [-0.4, -0.2) is 153 Å². The summed E-state index contributed by atoms with van der Waals surface area (Å²) in [4.78, 5) is 56.0. The summed E-state index contributed by atoms with van der Waals surface area (Å²) in [7, 11) is 0. The van der Waals surface area contributed by atoms with Crippen LogP contribution in [0.1, 0.15) is 79.9 Å². The molecule has 7 rings (SSSR count). The van der Waals surface area contributed by atoms with Crippen LogP contribution in [0.5, 0.6) is 0 Å². The van der Waals surface area contributed by atoms with Crippen molar-refractivity contribution in [3.8, 4) is 0 Å². The van der Waals surface area contributed by atoms with Crippen LogP contribution in [0, 0.1) is 0 Å². The Labute approximate surface area is 365 Å². The fourth-order valence-corrected chi connectivity index (χ4v) is 8.87. The second-order valence-electron chi connectivity index (χ2n) is 17.7. The van der Waals surface area contributed by atoms with Gasteiger partial charge in [0.2, 0.25) is 11.8 Å². The molecule has 0 aromatic heterocycles. The molecule has 3 aliphatic heterocycles. The molecule has 0 saturated carbocycles. The van der Waals surface area contributed by atoms with E-state index >= 15 is 0 Å². The Balaban J connectivity index is 1.05. The Morgan fingerprint density at radius 1 is 0.968 bits per heavy atom. The smallest absolute Gasteiger partial charge is 0.339 e. The molecule has 2 aromatic rings. The van der Waals surface area contributed by atoms with E-state index in [2.05, 4.69) is 5.32 Å². The van der Waals surface area contributed by atoms with Crippen LogP contribution < -0.4 is 5.32 Å². The number of nitrogens with one attached hydrogen (secondary N) is 1. The molecule has 2 aliphatic carbocycles. The third kappa shape index (κ3) is 10.7. The number of fused-ring (bicyclic) bond motifs is 2. The largest absolute Gasteiger partial charge is 0.460 e. The topological polar surface area (TPSA) is 240 Å². The zero-order valence-corrected chi connectivity index (χ0v) is 35.7. The van der Waals surface area contributed by atoms with E-state index in [-0.39, 0.29) is 31.4 Å². The standard InChI is InChI=1S/C46H58N2O15/c1-45(2,3)62-36(51)17-16-30(24-49)47-41(55)32-15-8-18-48(32)42(56)29-20-33(40-34(21-29)61-46(63-40)22-27-11-4-5-12-28(27)23-46)59-43(57)31-14-7-6-10-26(31)13-9-19-58-44-39(54)38(53)37(52)35(25-50)60-44/h4-7,9-14,21,30,32-35,37-40,44,49-50,52-54H,8,15-20,22-25H2,1-3H3,(H,47,55). The summed E-state index contributed by atoms with van der Waals surface area (Å²) >= 11 is 0. The lowest BCUT2D eigenvalue weighted by atomic mass is 9.91. The number of aliphatic hydroxyl groups is 5. The summed E-state index contributed by atoms with van der Waals surface area (Å²) in [6.07, 6.45) is -2.79. The molecule has 342 valence electrons. The highest BCUT2D eigenvalue weighted by atomic mass is 16.8. The van der Waals surface area contributed by atoms with Crippen molar-refractivity contribution in [1.82, 2.24) is 10.2 Å². The third-order valence-electron chi connectivity index (χ3n) is 11.9. The van der Waals surface area contributed by atoms with Gasteiger partial charge in [0, 0.05) is 37.8 Å². The van der Waals surface area contributed by atoms with Crippen molar-refractivity contribution in [3.63, 3.8) is 0 Å². The average Bonchev–Trinajstić information content (AvgIpc) is 3.99. The molecule has 10 atom stereocenters. The summed E-state index contributed by atoms with van der Waals surface area (Å²) in [6.45, 7) is 4.42. The van der Waals surface area contributed by atoms with Gasteiger partial charge in [-0.1, -0.05) is 54.6 Å². The van der Waals surface area contributed by atoms with Crippen molar-refractivity contribution in [1.29, 1.82) is 0 Å².